The molecule has 1 unspecified atom stereocenters. The minimum Gasteiger partial charge on any atom is -0.350 e. The molecule has 0 fully saturated rings. The van der Waals surface area contributed by atoms with Gasteiger partial charge in [-0.25, -0.2) is 15.0 Å². The number of hydrogen-bond donors (Lipinski definition) is 2. The summed E-state index contributed by atoms with van der Waals surface area (Å²) >= 11 is 0. The van der Waals surface area contributed by atoms with Crippen molar-refractivity contribution in [2.75, 3.05) is 0 Å². The number of aromatic nitrogens is 4. The second-order valence-electron chi connectivity index (χ2n) is 5.53. The van der Waals surface area contributed by atoms with Gasteiger partial charge in [-0.3, -0.25) is 4.79 Å². The Bertz CT molecular complexity index is 644. The van der Waals surface area contributed by atoms with Crippen molar-refractivity contribution < 1.29 is 4.79 Å². The van der Waals surface area contributed by atoms with Crippen molar-refractivity contribution in [2.24, 2.45) is 5.92 Å². The Morgan fingerprint density at radius 1 is 1.43 bits per heavy atom. The van der Waals surface area contributed by atoms with Gasteiger partial charge < -0.3 is 10.3 Å². The average Bonchev–Trinajstić information content (AvgIpc) is 2.91. The number of nitrogens with zero attached hydrogens (tertiary/aromatic N) is 3. The Balaban J connectivity index is 1.60. The fourth-order valence-corrected chi connectivity index (χ4v) is 2.83. The zero-order valence-corrected chi connectivity index (χ0v) is 12.3. The zero-order valence-electron chi connectivity index (χ0n) is 12.3. The summed E-state index contributed by atoms with van der Waals surface area (Å²) in [5, 5.41) is 2.98. The number of imidazole rings is 1. The first-order valence-electron chi connectivity index (χ1n) is 7.22. The molecule has 2 aromatic rings. The first kappa shape index (κ1) is 13.7. The maximum Gasteiger partial charge on any atom is 0.223 e. The average molecular weight is 285 g/mol. The summed E-state index contributed by atoms with van der Waals surface area (Å²) in [5.41, 5.74) is 3.97. The lowest BCUT2D eigenvalue weighted by Gasteiger charge is -2.20. The summed E-state index contributed by atoms with van der Waals surface area (Å²) < 4.78 is 0. The van der Waals surface area contributed by atoms with Crippen molar-refractivity contribution >= 4 is 5.91 Å². The molecule has 110 valence electrons. The Hall–Kier alpha value is -2.24. The van der Waals surface area contributed by atoms with Crippen molar-refractivity contribution in [3.05, 3.63) is 41.0 Å². The van der Waals surface area contributed by atoms with Crippen molar-refractivity contribution in [1.29, 1.82) is 0 Å². The molecule has 0 aliphatic heterocycles. The van der Waals surface area contributed by atoms with Gasteiger partial charge >= 0.3 is 0 Å². The van der Waals surface area contributed by atoms with E-state index < -0.39 is 0 Å². The fraction of sp³-hybridized carbons (Fsp3) is 0.467. The van der Waals surface area contributed by atoms with Gasteiger partial charge in [-0.05, 0) is 32.8 Å². The van der Waals surface area contributed by atoms with Crippen LogP contribution in [0.5, 0.6) is 0 Å². The molecule has 0 saturated carbocycles. The predicted molar refractivity (Wildman–Crippen MR) is 77.5 cm³/mol. The molecule has 6 heteroatoms. The highest BCUT2D eigenvalue weighted by molar-refractivity contribution is 5.79. The molecule has 0 radical (unpaired) electrons. The van der Waals surface area contributed by atoms with E-state index in [1.54, 1.807) is 6.33 Å². The maximum atomic E-state index is 12.3. The first-order chi connectivity index (χ1) is 10.1. The number of H-pyrrole nitrogens is 1. The molecule has 2 N–H and O–H groups in total. The lowest BCUT2D eigenvalue weighted by molar-refractivity contribution is -0.125. The van der Waals surface area contributed by atoms with Gasteiger partial charge in [0.15, 0.2) is 0 Å². The van der Waals surface area contributed by atoms with Crippen LogP contribution in [-0.2, 0) is 24.2 Å². The van der Waals surface area contributed by atoms with Crippen LogP contribution in [0.4, 0.5) is 0 Å². The molecule has 0 spiro atoms. The molecule has 1 aliphatic rings. The van der Waals surface area contributed by atoms with Crippen LogP contribution in [0.25, 0.3) is 0 Å². The van der Waals surface area contributed by atoms with Gasteiger partial charge in [0.25, 0.3) is 0 Å². The molecule has 1 aliphatic carbocycles. The van der Waals surface area contributed by atoms with E-state index >= 15 is 0 Å². The highest BCUT2D eigenvalue weighted by Gasteiger charge is 2.25. The minimum atomic E-state index is 0.0157. The van der Waals surface area contributed by atoms with E-state index in [-0.39, 0.29) is 11.8 Å². The highest BCUT2D eigenvalue weighted by Crippen LogP contribution is 2.22. The lowest BCUT2D eigenvalue weighted by Crippen LogP contribution is -2.34. The van der Waals surface area contributed by atoms with Gasteiger partial charge in [0.1, 0.15) is 5.82 Å². The summed E-state index contributed by atoms with van der Waals surface area (Å²) in [6, 6.07) is 1.90. The summed E-state index contributed by atoms with van der Waals surface area (Å²) in [4.78, 5) is 28.2. The number of hydrogen-bond acceptors (Lipinski definition) is 4. The third kappa shape index (κ3) is 3.09. The Kier molecular flexibility index (Phi) is 3.68. The molecule has 2 aromatic heterocycles. The van der Waals surface area contributed by atoms with Crippen LogP contribution in [0, 0.1) is 19.8 Å². The van der Waals surface area contributed by atoms with E-state index in [0.717, 1.165) is 47.9 Å². The van der Waals surface area contributed by atoms with Crippen LogP contribution in [0.15, 0.2) is 12.4 Å². The van der Waals surface area contributed by atoms with E-state index in [1.165, 1.54) is 0 Å². The van der Waals surface area contributed by atoms with Crippen LogP contribution in [0.1, 0.15) is 35.0 Å². The van der Waals surface area contributed by atoms with E-state index in [0.29, 0.717) is 6.54 Å². The number of amides is 1. The van der Waals surface area contributed by atoms with Crippen molar-refractivity contribution in [2.45, 2.75) is 39.7 Å². The lowest BCUT2D eigenvalue weighted by atomic mass is 9.89. The molecular formula is C15H19N5O. The standard InChI is InChI=1S/C15H19N5O/c1-9-5-12(20-10(2)19-9)7-16-15(21)11-3-4-13-14(6-11)18-8-17-13/h5,8,11H,3-4,6-7H2,1-2H3,(H,16,21)(H,17,18). The van der Waals surface area contributed by atoms with Crippen LogP contribution in [0.2, 0.25) is 0 Å². The summed E-state index contributed by atoms with van der Waals surface area (Å²) in [5.74, 6) is 0.838. The second-order valence-corrected chi connectivity index (χ2v) is 5.53. The predicted octanol–water partition coefficient (Wildman–Crippen LogP) is 1.24. The maximum absolute atomic E-state index is 12.3. The van der Waals surface area contributed by atoms with Gasteiger partial charge in [-0.15, -0.1) is 0 Å². The number of fused-ring (bicyclic) bond motifs is 1. The SMILES string of the molecule is Cc1cc(CNC(=O)C2CCc3nc[nH]c3C2)nc(C)n1. The minimum absolute atomic E-state index is 0.0157. The van der Waals surface area contributed by atoms with Crippen LogP contribution < -0.4 is 5.32 Å². The Morgan fingerprint density at radius 3 is 3.10 bits per heavy atom. The Morgan fingerprint density at radius 2 is 2.29 bits per heavy atom. The van der Waals surface area contributed by atoms with Crippen LogP contribution in [-0.4, -0.2) is 25.8 Å². The molecular weight excluding hydrogens is 266 g/mol. The zero-order chi connectivity index (χ0) is 14.8. The third-order valence-corrected chi connectivity index (χ3v) is 3.82. The number of carbonyl (C=O) groups excluding carboxylic acids is 1. The van der Waals surface area contributed by atoms with Gasteiger partial charge in [0.05, 0.1) is 24.3 Å². The van der Waals surface area contributed by atoms with Gasteiger partial charge in [0, 0.05) is 23.7 Å². The van der Waals surface area contributed by atoms with Crippen LogP contribution >= 0.6 is 0 Å². The van der Waals surface area contributed by atoms with Gasteiger partial charge in [-0.2, -0.15) is 0 Å². The molecule has 1 atom stereocenters. The topological polar surface area (TPSA) is 83.6 Å². The first-order valence-corrected chi connectivity index (χ1v) is 7.22. The molecule has 1 amide bonds. The fourth-order valence-electron chi connectivity index (χ4n) is 2.83. The molecule has 6 nitrogen and oxygen atoms in total. The molecule has 21 heavy (non-hydrogen) atoms. The van der Waals surface area contributed by atoms with E-state index in [2.05, 4.69) is 25.3 Å². The number of nitrogens with one attached hydrogen (secondary N) is 2. The number of aryl methyl sites for hydroxylation is 3. The van der Waals surface area contributed by atoms with E-state index in [4.69, 9.17) is 0 Å². The molecule has 0 aromatic carbocycles. The summed E-state index contributed by atoms with van der Waals surface area (Å²) in [7, 11) is 0. The van der Waals surface area contributed by atoms with E-state index in [9.17, 15) is 4.79 Å². The number of aromatic amines is 1. The van der Waals surface area contributed by atoms with Crippen LogP contribution in [0.3, 0.4) is 0 Å². The third-order valence-electron chi connectivity index (χ3n) is 3.82. The Labute approximate surface area is 123 Å². The van der Waals surface area contributed by atoms with Crippen molar-refractivity contribution in [3.63, 3.8) is 0 Å². The summed E-state index contributed by atoms with van der Waals surface area (Å²) in [6.45, 7) is 4.25. The normalized spacial score (nSPS) is 17.3. The monoisotopic (exact) mass is 285 g/mol. The van der Waals surface area contributed by atoms with Crippen molar-refractivity contribution in [1.82, 2.24) is 25.3 Å². The quantitative estimate of drug-likeness (QED) is 0.888. The van der Waals surface area contributed by atoms with Gasteiger partial charge in [-0.1, -0.05) is 0 Å². The summed E-state index contributed by atoms with van der Waals surface area (Å²) in [6.07, 6.45) is 4.16. The molecule has 3 rings (SSSR count). The molecule has 0 saturated heterocycles. The highest BCUT2D eigenvalue weighted by atomic mass is 16.1. The molecule has 2 heterocycles. The molecule has 0 bridgehead atoms. The number of carbonyl (C=O) groups is 1. The van der Waals surface area contributed by atoms with E-state index in [1.807, 2.05) is 19.9 Å². The number of rotatable bonds is 3. The van der Waals surface area contributed by atoms with Gasteiger partial charge in [0.2, 0.25) is 5.91 Å². The largest absolute Gasteiger partial charge is 0.350 e. The second kappa shape index (κ2) is 5.63. The smallest absolute Gasteiger partial charge is 0.223 e. The van der Waals surface area contributed by atoms with Crippen molar-refractivity contribution in [3.8, 4) is 0 Å².